The molecule has 0 amide bonds. The van der Waals surface area contributed by atoms with E-state index in [1.165, 1.54) is 12.1 Å². The summed E-state index contributed by atoms with van der Waals surface area (Å²) in [5.74, 6) is -1.79. The highest BCUT2D eigenvalue weighted by Crippen LogP contribution is 2.28. The van der Waals surface area contributed by atoms with Crippen LogP contribution in [0.3, 0.4) is 0 Å². The van der Waals surface area contributed by atoms with Crippen LogP contribution in [-0.4, -0.2) is 9.59 Å². The van der Waals surface area contributed by atoms with Crippen LogP contribution in [0.25, 0.3) is 0 Å². The average molecular weight is 269 g/mol. The number of aryl methyl sites for hydroxylation is 1. The van der Waals surface area contributed by atoms with Crippen LogP contribution in [0.2, 0.25) is 0 Å². The zero-order valence-corrected chi connectivity index (χ0v) is 10.7. The van der Waals surface area contributed by atoms with Gasteiger partial charge in [-0.2, -0.15) is 0 Å². The van der Waals surface area contributed by atoms with Gasteiger partial charge in [-0.25, -0.2) is 8.78 Å². The first-order chi connectivity index (χ1) is 8.65. The Hall–Kier alpha value is -1.40. The molecule has 3 nitrogen and oxygen atoms in total. The molecule has 2 aromatic rings. The molecule has 1 aromatic heterocycles. The van der Waals surface area contributed by atoms with E-state index in [0.717, 1.165) is 36.1 Å². The Morgan fingerprint density at radius 3 is 2.89 bits per heavy atom. The minimum Gasteiger partial charge on any atom is -0.319 e. The molecule has 2 N–H and O–H groups in total. The van der Waals surface area contributed by atoms with Crippen LogP contribution in [0, 0.1) is 11.6 Å². The minimum absolute atomic E-state index is 0.137. The lowest BCUT2D eigenvalue weighted by atomic mass is 10.0. The van der Waals surface area contributed by atoms with Crippen molar-refractivity contribution in [3.63, 3.8) is 0 Å². The fourth-order valence-corrected chi connectivity index (χ4v) is 2.48. The van der Waals surface area contributed by atoms with Gasteiger partial charge in [0.15, 0.2) is 11.6 Å². The van der Waals surface area contributed by atoms with Gasteiger partial charge >= 0.3 is 0 Å². The Balaban J connectivity index is 2.38. The van der Waals surface area contributed by atoms with Crippen molar-refractivity contribution in [3.8, 4) is 0 Å². The third kappa shape index (κ3) is 2.39. The van der Waals surface area contributed by atoms with Crippen molar-refractivity contribution in [1.82, 2.24) is 9.59 Å². The Bertz CT molecular complexity index is 542. The largest absolute Gasteiger partial charge is 0.319 e. The molecule has 0 aliphatic heterocycles. The number of aromatic nitrogens is 2. The first kappa shape index (κ1) is 13.0. The summed E-state index contributed by atoms with van der Waals surface area (Å²) in [6.07, 6.45) is 1.63. The molecule has 18 heavy (non-hydrogen) atoms. The maximum atomic E-state index is 13.7. The number of nitrogens with zero attached hydrogens (tertiary/aromatic N) is 2. The predicted molar refractivity (Wildman–Crippen MR) is 66.3 cm³/mol. The third-order valence-corrected chi connectivity index (χ3v) is 3.52. The van der Waals surface area contributed by atoms with E-state index in [9.17, 15) is 8.78 Å². The minimum atomic E-state index is -0.902. The Morgan fingerprint density at radius 2 is 2.17 bits per heavy atom. The number of benzene rings is 1. The highest BCUT2D eigenvalue weighted by Gasteiger charge is 2.21. The van der Waals surface area contributed by atoms with Gasteiger partial charge in [-0.05, 0) is 24.0 Å². The van der Waals surface area contributed by atoms with Gasteiger partial charge in [0, 0.05) is 5.56 Å². The van der Waals surface area contributed by atoms with Crippen LogP contribution in [0.15, 0.2) is 18.2 Å². The second-order valence-electron chi connectivity index (χ2n) is 3.95. The van der Waals surface area contributed by atoms with E-state index in [2.05, 4.69) is 9.59 Å². The van der Waals surface area contributed by atoms with Crippen LogP contribution in [-0.2, 0) is 6.42 Å². The van der Waals surface area contributed by atoms with Crippen molar-refractivity contribution >= 4 is 11.5 Å². The van der Waals surface area contributed by atoms with Gasteiger partial charge in [-0.3, -0.25) is 0 Å². The smallest absolute Gasteiger partial charge is 0.163 e. The monoisotopic (exact) mass is 269 g/mol. The zero-order valence-electron chi connectivity index (χ0n) is 9.86. The van der Waals surface area contributed by atoms with Crippen molar-refractivity contribution < 1.29 is 8.78 Å². The summed E-state index contributed by atoms with van der Waals surface area (Å²) < 4.78 is 30.7. The first-order valence-electron chi connectivity index (χ1n) is 5.65. The fourth-order valence-electron chi connectivity index (χ4n) is 1.76. The van der Waals surface area contributed by atoms with Crippen molar-refractivity contribution in [2.24, 2.45) is 5.73 Å². The number of rotatable bonds is 4. The average Bonchev–Trinajstić information content (AvgIpc) is 2.80. The quantitative estimate of drug-likeness (QED) is 0.928. The van der Waals surface area contributed by atoms with Crippen LogP contribution < -0.4 is 5.73 Å². The van der Waals surface area contributed by atoms with E-state index in [4.69, 9.17) is 5.73 Å². The number of hydrogen-bond acceptors (Lipinski definition) is 4. The summed E-state index contributed by atoms with van der Waals surface area (Å²) in [7, 11) is 0. The summed E-state index contributed by atoms with van der Waals surface area (Å²) in [4.78, 5) is 0.696. The first-order valence-corrected chi connectivity index (χ1v) is 6.43. The Labute approximate surface area is 108 Å². The normalized spacial score (nSPS) is 12.7. The molecule has 0 aliphatic rings. The molecule has 0 radical (unpaired) electrons. The second kappa shape index (κ2) is 5.49. The van der Waals surface area contributed by atoms with Crippen LogP contribution in [0.5, 0.6) is 0 Å². The van der Waals surface area contributed by atoms with Crippen LogP contribution in [0.4, 0.5) is 8.78 Å². The van der Waals surface area contributed by atoms with Crippen molar-refractivity contribution in [2.75, 3.05) is 0 Å². The molecule has 0 saturated heterocycles. The maximum absolute atomic E-state index is 13.7. The van der Waals surface area contributed by atoms with Crippen molar-refractivity contribution in [2.45, 2.75) is 25.8 Å². The van der Waals surface area contributed by atoms with E-state index in [-0.39, 0.29) is 5.56 Å². The SMILES string of the molecule is CCCc1nnsc1C(N)c1cccc(F)c1F. The number of nitrogens with two attached hydrogens (primary N) is 1. The molecular weight excluding hydrogens is 256 g/mol. The molecule has 0 aliphatic carbocycles. The molecule has 0 bridgehead atoms. The molecule has 0 saturated carbocycles. The molecule has 1 heterocycles. The second-order valence-corrected chi connectivity index (χ2v) is 4.74. The van der Waals surface area contributed by atoms with E-state index in [1.807, 2.05) is 6.92 Å². The van der Waals surface area contributed by atoms with Crippen LogP contribution >= 0.6 is 11.5 Å². The van der Waals surface area contributed by atoms with Gasteiger partial charge < -0.3 is 5.73 Å². The number of hydrogen-bond donors (Lipinski definition) is 1. The molecule has 1 atom stereocenters. The van der Waals surface area contributed by atoms with Crippen molar-refractivity contribution in [3.05, 3.63) is 46.0 Å². The summed E-state index contributed by atoms with van der Waals surface area (Å²) >= 11 is 1.13. The van der Waals surface area contributed by atoms with E-state index in [0.29, 0.717) is 4.88 Å². The highest BCUT2D eigenvalue weighted by molar-refractivity contribution is 7.05. The molecule has 2 rings (SSSR count). The van der Waals surface area contributed by atoms with Gasteiger partial charge in [0.1, 0.15) is 0 Å². The predicted octanol–water partition coefficient (Wildman–Crippen LogP) is 2.82. The Morgan fingerprint density at radius 1 is 1.39 bits per heavy atom. The van der Waals surface area contributed by atoms with E-state index >= 15 is 0 Å². The lowest BCUT2D eigenvalue weighted by Gasteiger charge is -2.12. The van der Waals surface area contributed by atoms with Gasteiger partial charge in [0.25, 0.3) is 0 Å². The third-order valence-electron chi connectivity index (χ3n) is 2.67. The molecule has 96 valence electrons. The Kier molecular flexibility index (Phi) is 3.98. The molecule has 6 heteroatoms. The molecular formula is C12H13F2N3S. The summed E-state index contributed by atoms with van der Waals surface area (Å²) in [6.45, 7) is 2.01. The van der Waals surface area contributed by atoms with Gasteiger partial charge in [-0.1, -0.05) is 30.0 Å². The fraction of sp³-hybridized carbons (Fsp3) is 0.333. The van der Waals surface area contributed by atoms with Gasteiger partial charge in [-0.15, -0.1) is 5.10 Å². The van der Waals surface area contributed by atoms with Gasteiger partial charge in [0.2, 0.25) is 0 Å². The van der Waals surface area contributed by atoms with E-state index < -0.39 is 17.7 Å². The zero-order chi connectivity index (χ0) is 13.1. The molecule has 1 unspecified atom stereocenters. The van der Waals surface area contributed by atoms with Crippen molar-refractivity contribution in [1.29, 1.82) is 0 Å². The standard InChI is InChI=1S/C12H13F2N3S/c1-2-4-9-12(18-17-16-9)11(15)7-5-3-6-8(13)10(7)14/h3,5-6,11H,2,4,15H2,1H3. The lowest BCUT2D eigenvalue weighted by Crippen LogP contribution is -2.15. The number of halogens is 2. The van der Waals surface area contributed by atoms with E-state index in [1.54, 1.807) is 0 Å². The van der Waals surface area contributed by atoms with Crippen LogP contribution in [0.1, 0.15) is 35.5 Å². The molecule has 0 fully saturated rings. The highest BCUT2D eigenvalue weighted by atomic mass is 32.1. The van der Waals surface area contributed by atoms with Gasteiger partial charge in [0.05, 0.1) is 16.6 Å². The molecule has 0 spiro atoms. The summed E-state index contributed by atoms with van der Waals surface area (Å²) in [6, 6.07) is 3.28. The lowest BCUT2D eigenvalue weighted by molar-refractivity contribution is 0.494. The maximum Gasteiger partial charge on any atom is 0.163 e. The summed E-state index contributed by atoms with van der Waals surface area (Å²) in [5, 5.41) is 3.98. The summed E-state index contributed by atoms with van der Waals surface area (Å²) in [5.41, 5.74) is 6.89. The topological polar surface area (TPSA) is 51.8 Å². The molecule has 1 aromatic carbocycles.